The largest absolute Gasteiger partial charge is 0.492 e. The fourth-order valence-corrected chi connectivity index (χ4v) is 2.08. The number of nitrogen functional groups attached to an aromatic ring is 1. The van der Waals surface area contributed by atoms with Crippen LogP contribution in [0.3, 0.4) is 0 Å². The van der Waals surface area contributed by atoms with E-state index in [2.05, 4.69) is 11.1 Å². The van der Waals surface area contributed by atoms with Crippen molar-refractivity contribution in [3.63, 3.8) is 0 Å². The number of benzene rings is 1. The van der Waals surface area contributed by atoms with Gasteiger partial charge in [0.25, 0.3) is 0 Å². The van der Waals surface area contributed by atoms with E-state index in [0.29, 0.717) is 5.69 Å². The standard InChI is InChI=1S/C13H12N2O/c14-12-8-15-6-4-10(12)11-3-1-2-9-5-7-16-13(9)11/h1-4,6,8H,5,7,14H2. The molecule has 0 saturated heterocycles. The van der Waals surface area contributed by atoms with Crippen molar-refractivity contribution in [2.45, 2.75) is 6.42 Å². The number of hydrogen-bond acceptors (Lipinski definition) is 3. The van der Waals surface area contributed by atoms with E-state index in [-0.39, 0.29) is 0 Å². The maximum Gasteiger partial charge on any atom is 0.130 e. The van der Waals surface area contributed by atoms with Gasteiger partial charge in [0, 0.05) is 23.7 Å². The Hall–Kier alpha value is -2.03. The van der Waals surface area contributed by atoms with Crippen molar-refractivity contribution in [3.05, 3.63) is 42.2 Å². The molecule has 16 heavy (non-hydrogen) atoms. The lowest BCUT2D eigenvalue weighted by atomic mass is 10.0. The zero-order valence-corrected chi connectivity index (χ0v) is 8.81. The smallest absolute Gasteiger partial charge is 0.130 e. The van der Waals surface area contributed by atoms with Crippen molar-refractivity contribution in [1.82, 2.24) is 4.98 Å². The van der Waals surface area contributed by atoms with Gasteiger partial charge in [0.15, 0.2) is 0 Å². The topological polar surface area (TPSA) is 48.1 Å². The van der Waals surface area contributed by atoms with Crippen LogP contribution < -0.4 is 10.5 Å². The molecule has 3 rings (SSSR count). The molecule has 1 aromatic heterocycles. The summed E-state index contributed by atoms with van der Waals surface area (Å²) in [5, 5.41) is 0. The van der Waals surface area contributed by atoms with Crippen molar-refractivity contribution < 1.29 is 4.74 Å². The van der Waals surface area contributed by atoms with Crippen molar-refractivity contribution in [2.24, 2.45) is 0 Å². The van der Waals surface area contributed by atoms with Crippen LogP contribution in [0.1, 0.15) is 5.56 Å². The van der Waals surface area contributed by atoms with Gasteiger partial charge in [-0.2, -0.15) is 0 Å². The molecule has 3 heteroatoms. The third-order valence-corrected chi connectivity index (χ3v) is 2.86. The average Bonchev–Trinajstić information content (AvgIpc) is 2.77. The minimum absolute atomic E-state index is 0.686. The van der Waals surface area contributed by atoms with E-state index >= 15 is 0 Å². The minimum Gasteiger partial charge on any atom is -0.492 e. The molecule has 0 fully saturated rings. The second-order valence-electron chi connectivity index (χ2n) is 3.86. The van der Waals surface area contributed by atoms with Gasteiger partial charge in [-0.1, -0.05) is 18.2 Å². The van der Waals surface area contributed by atoms with Gasteiger partial charge in [0.05, 0.1) is 18.5 Å². The number of anilines is 1. The molecule has 2 aromatic rings. The quantitative estimate of drug-likeness (QED) is 0.788. The highest BCUT2D eigenvalue weighted by atomic mass is 16.5. The summed E-state index contributed by atoms with van der Waals surface area (Å²) in [7, 11) is 0. The minimum atomic E-state index is 0.686. The molecule has 2 heterocycles. The highest BCUT2D eigenvalue weighted by Gasteiger charge is 2.17. The highest BCUT2D eigenvalue weighted by molar-refractivity contribution is 5.81. The molecule has 0 aliphatic carbocycles. The Kier molecular flexibility index (Phi) is 2.03. The molecule has 0 radical (unpaired) electrons. The second kappa shape index (κ2) is 3.52. The van der Waals surface area contributed by atoms with E-state index in [9.17, 15) is 0 Å². The molecule has 1 aliphatic heterocycles. The van der Waals surface area contributed by atoms with E-state index in [4.69, 9.17) is 10.5 Å². The summed E-state index contributed by atoms with van der Waals surface area (Å²) in [5.74, 6) is 0.973. The summed E-state index contributed by atoms with van der Waals surface area (Å²) in [4.78, 5) is 4.00. The number of aromatic nitrogens is 1. The molecule has 2 N–H and O–H groups in total. The van der Waals surface area contributed by atoms with Gasteiger partial charge in [-0.05, 0) is 11.6 Å². The predicted molar refractivity (Wildman–Crippen MR) is 63.3 cm³/mol. The maximum atomic E-state index is 5.93. The van der Waals surface area contributed by atoms with Crippen LogP contribution in [0, 0.1) is 0 Å². The van der Waals surface area contributed by atoms with E-state index < -0.39 is 0 Å². The number of nitrogens with zero attached hydrogens (tertiary/aromatic N) is 1. The van der Waals surface area contributed by atoms with E-state index in [1.54, 1.807) is 12.4 Å². The van der Waals surface area contributed by atoms with Crippen molar-refractivity contribution in [3.8, 4) is 16.9 Å². The zero-order valence-electron chi connectivity index (χ0n) is 8.81. The molecule has 0 atom stereocenters. The molecule has 80 valence electrons. The normalized spacial score (nSPS) is 13.2. The lowest BCUT2D eigenvalue weighted by molar-refractivity contribution is 0.358. The van der Waals surface area contributed by atoms with E-state index in [1.165, 1.54) is 5.56 Å². The highest BCUT2D eigenvalue weighted by Crippen LogP contribution is 2.38. The first-order valence-electron chi connectivity index (χ1n) is 5.31. The third-order valence-electron chi connectivity index (χ3n) is 2.86. The van der Waals surface area contributed by atoms with E-state index in [0.717, 1.165) is 29.9 Å². The average molecular weight is 212 g/mol. The number of para-hydroxylation sites is 1. The van der Waals surface area contributed by atoms with Crippen LogP contribution in [-0.2, 0) is 6.42 Å². The lowest BCUT2D eigenvalue weighted by Gasteiger charge is -2.09. The van der Waals surface area contributed by atoms with Crippen LogP contribution in [0.5, 0.6) is 5.75 Å². The van der Waals surface area contributed by atoms with Gasteiger partial charge >= 0.3 is 0 Å². The van der Waals surface area contributed by atoms with Gasteiger partial charge in [-0.25, -0.2) is 0 Å². The Morgan fingerprint density at radius 3 is 3.00 bits per heavy atom. The van der Waals surface area contributed by atoms with Crippen LogP contribution in [0.2, 0.25) is 0 Å². The third kappa shape index (κ3) is 1.33. The number of hydrogen-bond donors (Lipinski definition) is 1. The zero-order chi connectivity index (χ0) is 11.0. The fourth-order valence-electron chi connectivity index (χ4n) is 2.08. The first kappa shape index (κ1) is 9.21. The molecule has 0 unspecified atom stereocenters. The molecule has 0 spiro atoms. The van der Waals surface area contributed by atoms with Crippen LogP contribution in [0.25, 0.3) is 11.1 Å². The van der Waals surface area contributed by atoms with Gasteiger partial charge in [0.1, 0.15) is 5.75 Å². The summed E-state index contributed by atoms with van der Waals surface area (Å²) in [6.45, 7) is 0.761. The first-order chi connectivity index (χ1) is 7.86. The Balaban J connectivity index is 2.21. The molecule has 0 bridgehead atoms. The summed E-state index contributed by atoms with van der Waals surface area (Å²) in [6.07, 6.45) is 4.40. The molecule has 0 amide bonds. The van der Waals surface area contributed by atoms with Gasteiger partial charge in [-0.3, -0.25) is 4.98 Å². The Bertz CT molecular complexity index is 537. The molecule has 0 saturated carbocycles. The maximum absolute atomic E-state index is 5.93. The number of nitrogens with two attached hydrogens (primary N) is 1. The summed E-state index contributed by atoms with van der Waals surface area (Å²) < 4.78 is 5.66. The van der Waals surface area contributed by atoms with Crippen LogP contribution in [0.4, 0.5) is 5.69 Å². The summed E-state index contributed by atoms with van der Waals surface area (Å²) >= 11 is 0. The SMILES string of the molecule is Nc1cnccc1-c1cccc2c1OCC2. The van der Waals surface area contributed by atoms with Gasteiger partial charge in [0.2, 0.25) is 0 Å². The van der Waals surface area contributed by atoms with Crippen molar-refractivity contribution in [2.75, 3.05) is 12.3 Å². The monoisotopic (exact) mass is 212 g/mol. The summed E-state index contributed by atoms with van der Waals surface area (Å²) in [5.41, 5.74) is 9.93. The number of pyridine rings is 1. The molecular formula is C13H12N2O. The number of ether oxygens (including phenoxy) is 1. The van der Waals surface area contributed by atoms with Crippen LogP contribution in [-0.4, -0.2) is 11.6 Å². The van der Waals surface area contributed by atoms with Crippen LogP contribution >= 0.6 is 0 Å². The van der Waals surface area contributed by atoms with Gasteiger partial charge in [-0.15, -0.1) is 0 Å². The Morgan fingerprint density at radius 2 is 2.12 bits per heavy atom. The summed E-state index contributed by atoms with van der Waals surface area (Å²) in [6, 6.07) is 8.11. The van der Waals surface area contributed by atoms with Crippen LogP contribution in [0.15, 0.2) is 36.7 Å². The Labute approximate surface area is 93.9 Å². The molecule has 1 aromatic carbocycles. The predicted octanol–water partition coefficient (Wildman–Crippen LogP) is 2.27. The Morgan fingerprint density at radius 1 is 1.19 bits per heavy atom. The molecule has 1 aliphatic rings. The molecule has 3 nitrogen and oxygen atoms in total. The molecular weight excluding hydrogens is 200 g/mol. The number of rotatable bonds is 1. The lowest BCUT2D eigenvalue weighted by Crippen LogP contribution is -1.93. The first-order valence-corrected chi connectivity index (χ1v) is 5.31. The van der Waals surface area contributed by atoms with Crippen molar-refractivity contribution in [1.29, 1.82) is 0 Å². The fraction of sp³-hybridized carbons (Fsp3) is 0.154. The van der Waals surface area contributed by atoms with Gasteiger partial charge < -0.3 is 10.5 Å². The number of fused-ring (bicyclic) bond motifs is 1. The van der Waals surface area contributed by atoms with E-state index in [1.807, 2.05) is 18.2 Å². The van der Waals surface area contributed by atoms with Crippen molar-refractivity contribution >= 4 is 5.69 Å². The second-order valence-corrected chi connectivity index (χ2v) is 3.86.